The van der Waals surface area contributed by atoms with Gasteiger partial charge in [0.2, 0.25) is 11.9 Å². The molecule has 0 spiro atoms. The molecule has 1 aromatic rings. The van der Waals surface area contributed by atoms with Crippen LogP contribution in [0, 0.1) is 0 Å². The lowest BCUT2D eigenvalue weighted by Crippen LogP contribution is -2.54. The largest absolute Gasteiger partial charge is 0.379 e. The molecule has 0 aliphatic carbocycles. The molecule has 0 saturated carbocycles. The third-order valence-corrected chi connectivity index (χ3v) is 4.31. The Hall–Kier alpha value is -1.73. The number of carbonyl (C=O) groups excluding carboxylic acids is 1. The molecular weight excluding hydrogens is 282 g/mol. The highest BCUT2D eigenvalue weighted by Gasteiger charge is 2.26. The van der Waals surface area contributed by atoms with Gasteiger partial charge < -0.3 is 14.5 Å². The molecular formula is C15H23N5O2. The van der Waals surface area contributed by atoms with E-state index in [1.165, 1.54) is 0 Å². The zero-order valence-corrected chi connectivity index (χ0v) is 13.0. The summed E-state index contributed by atoms with van der Waals surface area (Å²) in [7, 11) is 0. The van der Waals surface area contributed by atoms with Gasteiger partial charge in [-0.05, 0) is 13.0 Å². The number of hydrogen-bond acceptors (Lipinski definition) is 6. The molecule has 1 atom stereocenters. The van der Waals surface area contributed by atoms with Crippen LogP contribution in [-0.4, -0.2) is 84.2 Å². The van der Waals surface area contributed by atoms with Gasteiger partial charge in [-0.15, -0.1) is 0 Å². The van der Waals surface area contributed by atoms with Crippen LogP contribution >= 0.6 is 0 Å². The third-order valence-electron chi connectivity index (χ3n) is 4.31. The van der Waals surface area contributed by atoms with Crippen LogP contribution in [0.2, 0.25) is 0 Å². The average Bonchev–Trinajstić information content (AvgIpc) is 2.58. The molecule has 3 heterocycles. The van der Waals surface area contributed by atoms with Crippen molar-refractivity contribution in [1.82, 2.24) is 19.8 Å². The Bertz CT molecular complexity index is 490. The van der Waals surface area contributed by atoms with E-state index in [4.69, 9.17) is 4.74 Å². The van der Waals surface area contributed by atoms with E-state index >= 15 is 0 Å². The van der Waals surface area contributed by atoms with E-state index in [0.717, 1.165) is 45.3 Å². The van der Waals surface area contributed by atoms with Crippen LogP contribution in [0.15, 0.2) is 18.5 Å². The smallest absolute Gasteiger partial charge is 0.236 e. The Morgan fingerprint density at radius 1 is 1.23 bits per heavy atom. The number of nitrogens with zero attached hydrogens (tertiary/aromatic N) is 5. The third kappa shape index (κ3) is 3.53. The number of anilines is 1. The Morgan fingerprint density at radius 2 is 1.95 bits per heavy atom. The normalized spacial score (nSPS) is 23.6. The minimum atomic E-state index is 0.211. The number of hydrogen-bond donors (Lipinski definition) is 0. The van der Waals surface area contributed by atoms with E-state index in [1.54, 1.807) is 12.4 Å². The number of morpholine rings is 1. The average molecular weight is 305 g/mol. The molecule has 2 fully saturated rings. The van der Waals surface area contributed by atoms with Crippen LogP contribution < -0.4 is 4.90 Å². The van der Waals surface area contributed by atoms with Crippen molar-refractivity contribution in [2.24, 2.45) is 0 Å². The quantitative estimate of drug-likeness (QED) is 0.774. The minimum Gasteiger partial charge on any atom is -0.379 e. The number of rotatable bonds is 3. The fourth-order valence-corrected chi connectivity index (χ4v) is 2.88. The van der Waals surface area contributed by atoms with Gasteiger partial charge in [0.1, 0.15) is 0 Å². The molecule has 2 aliphatic heterocycles. The van der Waals surface area contributed by atoms with Crippen molar-refractivity contribution in [2.45, 2.75) is 13.0 Å². The Morgan fingerprint density at radius 3 is 2.64 bits per heavy atom. The van der Waals surface area contributed by atoms with E-state index in [9.17, 15) is 4.79 Å². The van der Waals surface area contributed by atoms with Gasteiger partial charge >= 0.3 is 0 Å². The topological polar surface area (TPSA) is 61.8 Å². The van der Waals surface area contributed by atoms with E-state index in [-0.39, 0.29) is 5.91 Å². The molecule has 22 heavy (non-hydrogen) atoms. The van der Waals surface area contributed by atoms with Crippen molar-refractivity contribution in [2.75, 3.05) is 57.4 Å². The lowest BCUT2D eigenvalue weighted by molar-refractivity contribution is -0.134. The van der Waals surface area contributed by atoms with Crippen molar-refractivity contribution in [3.8, 4) is 0 Å². The van der Waals surface area contributed by atoms with Crippen molar-refractivity contribution < 1.29 is 9.53 Å². The van der Waals surface area contributed by atoms with Gasteiger partial charge in [0.15, 0.2) is 0 Å². The lowest BCUT2D eigenvalue weighted by atomic mass is 10.2. The van der Waals surface area contributed by atoms with E-state index in [1.807, 2.05) is 11.0 Å². The Labute approximate surface area is 130 Å². The first-order valence-electron chi connectivity index (χ1n) is 7.85. The van der Waals surface area contributed by atoms with Gasteiger partial charge in [0.25, 0.3) is 0 Å². The van der Waals surface area contributed by atoms with Crippen molar-refractivity contribution in [3.05, 3.63) is 18.5 Å². The highest BCUT2D eigenvalue weighted by atomic mass is 16.5. The van der Waals surface area contributed by atoms with Crippen LogP contribution in [-0.2, 0) is 9.53 Å². The van der Waals surface area contributed by atoms with Gasteiger partial charge in [0, 0.05) is 51.2 Å². The van der Waals surface area contributed by atoms with Crippen molar-refractivity contribution in [3.63, 3.8) is 0 Å². The van der Waals surface area contributed by atoms with Gasteiger partial charge in [-0.25, -0.2) is 9.97 Å². The van der Waals surface area contributed by atoms with E-state index in [0.29, 0.717) is 19.2 Å². The molecule has 0 bridgehead atoms. The Balaban J connectivity index is 1.49. The number of carbonyl (C=O) groups is 1. The first-order chi connectivity index (χ1) is 10.7. The standard InChI is InChI=1S/C15H23N5O2/c1-13-12-22-10-9-20(13)11-14(21)18-5-7-19(8-6-18)15-16-3-2-4-17-15/h2-4,13H,5-12H2,1H3/t13-/m1/s1. The van der Waals surface area contributed by atoms with E-state index in [2.05, 4.69) is 26.7 Å². The first-order valence-corrected chi connectivity index (χ1v) is 7.85. The fourth-order valence-electron chi connectivity index (χ4n) is 2.88. The predicted molar refractivity (Wildman–Crippen MR) is 82.7 cm³/mol. The number of amides is 1. The summed E-state index contributed by atoms with van der Waals surface area (Å²) in [4.78, 5) is 27.3. The lowest BCUT2D eigenvalue weighted by Gasteiger charge is -2.37. The second-order valence-corrected chi connectivity index (χ2v) is 5.81. The molecule has 3 rings (SSSR count). The summed E-state index contributed by atoms with van der Waals surface area (Å²) in [6.07, 6.45) is 3.50. The van der Waals surface area contributed by atoms with Gasteiger partial charge in [-0.1, -0.05) is 0 Å². The molecule has 7 heteroatoms. The molecule has 1 amide bonds. The predicted octanol–water partition coefficient (Wildman–Crippen LogP) is -0.154. The van der Waals surface area contributed by atoms with Crippen LogP contribution in [0.3, 0.4) is 0 Å². The summed E-state index contributed by atoms with van der Waals surface area (Å²) in [5.74, 6) is 0.957. The SMILES string of the molecule is C[C@@H]1COCCN1CC(=O)N1CCN(c2ncccn2)CC1. The van der Waals surface area contributed by atoms with Crippen LogP contribution in [0.1, 0.15) is 6.92 Å². The zero-order valence-electron chi connectivity index (χ0n) is 13.0. The second kappa shape index (κ2) is 7.02. The van der Waals surface area contributed by atoms with Crippen LogP contribution in [0.4, 0.5) is 5.95 Å². The maximum atomic E-state index is 12.4. The summed E-state index contributed by atoms with van der Waals surface area (Å²) in [5.41, 5.74) is 0. The van der Waals surface area contributed by atoms with Crippen molar-refractivity contribution >= 4 is 11.9 Å². The highest BCUT2D eigenvalue weighted by molar-refractivity contribution is 5.78. The van der Waals surface area contributed by atoms with Crippen LogP contribution in [0.25, 0.3) is 0 Å². The molecule has 0 radical (unpaired) electrons. The first kappa shape index (κ1) is 15.2. The molecule has 7 nitrogen and oxygen atoms in total. The van der Waals surface area contributed by atoms with Gasteiger partial charge in [-0.2, -0.15) is 0 Å². The summed E-state index contributed by atoms with van der Waals surface area (Å²) in [6, 6.07) is 2.13. The minimum absolute atomic E-state index is 0.211. The molecule has 2 saturated heterocycles. The summed E-state index contributed by atoms with van der Waals surface area (Å²) < 4.78 is 5.41. The second-order valence-electron chi connectivity index (χ2n) is 5.81. The molecule has 0 unspecified atom stereocenters. The molecule has 0 aromatic carbocycles. The monoisotopic (exact) mass is 305 g/mol. The molecule has 2 aliphatic rings. The number of ether oxygens (including phenoxy) is 1. The molecule has 0 N–H and O–H groups in total. The number of aromatic nitrogens is 2. The van der Waals surface area contributed by atoms with Crippen molar-refractivity contribution in [1.29, 1.82) is 0 Å². The highest BCUT2D eigenvalue weighted by Crippen LogP contribution is 2.11. The Kier molecular flexibility index (Phi) is 4.84. The van der Waals surface area contributed by atoms with Gasteiger partial charge in [-0.3, -0.25) is 9.69 Å². The molecule has 120 valence electrons. The van der Waals surface area contributed by atoms with E-state index < -0.39 is 0 Å². The zero-order chi connectivity index (χ0) is 15.4. The summed E-state index contributed by atoms with van der Waals surface area (Å²) in [6.45, 7) is 7.91. The summed E-state index contributed by atoms with van der Waals surface area (Å²) >= 11 is 0. The maximum Gasteiger partial charge on any atom is 0.236 e. The number of piperazine rings is 1. The summed E-state index contributed by atoms with van der Waals surface area (Å²) in [5, 5.41) is 0. The fraction of sp³-hybridized carbons (Fsp3) is 0.667. The van der Waals surface area contributed by atoms with Crippen LogP contribution in [0.5, 0.6) is 0 Å². The maximum absolute atomic E-state index is 12.4. The molecule has 1 aromatic heterocycles. The van der Waals surface area contributed by atoms with Gasteiger partial charge in [0.05, 0.1) is 19.8 Å².